The van der Waals surface area contributed by atoms with Gasteiger partial charge in [-0.05, 0) is 63.2 Å². The molecule has 7 nitrogen and oxygen atoms in total. The number of aromatic nitrogens is 3. The Kier molecular flexibility index (Phi) is 7.59. The van der Waals surface area contributed by atoms with Crippen molar-refractivity contribution in [3.8, 4) is 17.6 Å². The average Bonchev–Trinajstić information content (AvgIpc) is 2.85. The summed E-state index contributed by atoms with van der Waals surface area (Å²) >= 11 is 0. The van der Waals surface area contributed by atoms with Crippen molar-refractivity contribution in [3.05, 3.63) is 47.8 Å². The average molecular weight is 445 g/mol. The molecule has 0 atom stereocenters. The Balaban J connectivity index is 1.72. The van der Waals surface area contributed by atoms with Gasteiger partial charge in [0.2, 0.25) is 5.95 Å². The molecule has 0 unspecified atom stereocenters. The van der Waals surface area contributed by atoms with Gasteiger partial charge in [0.15, 0.2) is 0 Å². The summed E-state index contributed by atoms with van der Waals surface area (Å²) in [4.78, 5) is 18.4. The van der Waals surface area contributed by atoms with Crippen LogP contribution in [-0.2, 0) is 6.54 Å². The smallest absolute Gasteiger partial charge is 0.227 e. The quantitative estimate of drug-likeness (QED) is 0.554. The normalized spacial score (nSPS) is 13.6. The van der Waals surface area contributed by atoms with Gasteiger partial charge >= 0.3 is 0 Å². The second kappa shape index (κ2) is 11.0. The fourth-order valence-electron chi connectivity index (χ4n) is 3.90. The van der Waals surface area contributed by atoms with E-state index in [9.17, 15) is 0 Å². The van der Waals surface area contributed by atoms with Crippen LogP contribution in [0.1, 0.15) is 36.8 Å². The molecule has 0 bridgehead atoms. The zero-order valence-corrected chi connectivity index (χ0v) is 19.8. The van der Waals surface area contributed by atoms with E-state index < -0.39 is 0 Å². The first kappa shape index (κ1) is 22.8. The molecule has 172 valence electrons. The number of nitrogens with zero attached hydrogens (tertiary/aromatic N) is 5. The van der Waals surface area contributed by atoms with Crippen molar-refractivity contribution >= 4 is 22.7 Å². The molecule has 1 saturated heterocycles. The lowest BCUT2D eigenvalue weighted by molar-refractivity contribution is 0.414. The molecular weight excluding hydrogens is 412 g/mol. The number of hydrogen-bond acceptors (Lipinski definition) is 7. The highest BCUT2D eigenvalue weighted by Crippen LogP contribution is 2.31. The molecule has 2 aromatic heterocycles. The van der Waals surface area contributed by atoms with Crippen molar-refractivity contribution in [3.63, 3.8) is 0 Å². The fraction of sp³-hybridized carbons (Fsp3) is 0.423. The van der Waals surface area contributed by atoms with Crippen LogP contribution in [0.25, 0.3) is 10.9 Å². The topological polar surface area (TPSA) is 66.4 Å². The van der Waals surface area contributed by atoms with E-state index >= 15 is 0 Å². The summed E-state index contributed by atoms with van der Waals surface area (Å²) in [6, 6.07) is 8.04. The molecule has 4 rings (SSSR count). The minimum Gasteiger partial charge on any atom is -0.495 e. The molecule has 3 heterocycles. The van der Waals surface area contributed by atoms with Crippen molar-refractivity contribution < 1.29 is 4.74 Å². The highest BCUT2D eigenvalue weighted by molar-refractivity contribution is 5.92. The zero-order chi connectivity index (χ0) is 23.0. The Morgan fingerprint density at radius 3 is 2.61 bits per heavy atom. The Labute approximate surface area is 196 Å². The Bertz CT molecular complexity index is 1130. The first-order valence-corrected chi connectivity index (χ1v) is 11.5. The maximum absolute atomic E-state index is 5.68. The van der Waals surface area contributed by atoms with E-state index in [1.54, 1.807) is 19.5 Å². The molecule has 3 aromatic rings. The van der Waals surface area contributed by atoms with Gasteiger partial charge in [0, 0.05) is 50.4 Å². The van der Waals surface area contributed by atoms with Gasteiger partial charge in [0.1, 0.15) is 11.6 Å². The van der Waals surface area contributed by atoms with Gasteiger partial charge in [0.05, 0.1) is 18.2 Å². The number of anilines is 2. The number of nitrogens with one attached hydrogen (secondary N) is 1. The minimum atomic E-state index is 0.655. The first-order valence-electron chi connectivity index (χ1n) is 11.5. The van der Waals surface area contributed by atoms with E-state index in [2.05, 4.69) is 46.0 Å². The van der Waals surface area contributed by atoms with Gasteiger partial charge in [-0.15, -0.1) is 0 Å². The number of ether oxygens (including phenoxy) is 1. The van der Waals surface area contributed by atoms with E-state index in [4.69, 9.17) is 14.7 Å². The summed E-state index contributed by atoms with van der Waals surface area (Å²) in [5, 5.41) is 4.45. The van der Waals surface area contributed by atoms with E-state index in [1.165, 1.54) is 19.3 Å². The summed E-state index contributed by atoms with van der Waals surface area (Å²) in [5.74, 6) is 8.87. The maximum atomic E-state index is 5.68. The first-order chi connectivity index (χ1) is 16.1. The Morgan fingerprint density at radius 1 is 1.09 bits per heavy atom. The molecule has 7 heteroatoms. The molecule has 1 fully saturated rings. The van der Waals surface area contributed by atoms with Crippen molar-refractivity contribution in [1.29, 1.82) is 0 Å². The lowest BCUT2D eigenvalue weighted by Gasteiger charge is -2.27. The van der Waals surface area contributed by atoms with Gasteiger partial charge in [-0.3, -0.25) is 4.98 Å². The molecule has 1 aliphatic heterocycles. The highest BCUT2D eigenvalue weighted by atomic mass is 16.5. The molecule has 0 amide bonds. The van der Waals surface area contributed by atoms with Crippen LogP contribution in [-0.4, -0.2) is 60.7 Å². The number of rotatable bonds is 7. The molecule has 1 N–H and O–H groups in total. The molecule has 0 aliphatic carbocycles. The predicted molar refractivity (Wildman–Crippen MR) is 134 cm³/mol. The van der Waals surface area contributed by atoms with Crippen LogP contribution in [0.4, 0.5) is 11.8 Å². The van der Waals surface area contributed by atoms with E-state index in [1.807, 2.05) is 24.3 Å². The summed E-state index contributed by atoms with van der Waals surface area (Å²) < 4.78 is 5.68. The van der Waals surface area contributed by atoms with Crippen molar-refractivity contribution in [2.45, 2.75) is 32.2 Å². The Morgan fingerprint density at radius 2 is 1.88 bits per heavy atom. The van der Waals surface area contributed by atoms with Crippen LogP contribution in [0.2, 0.25) is 0 Å². The summed E-state index contributed by atoms with van der Waals surface area (Å²) in [5.41, 5.74) is 2.87. The number of fused-ring (bicyclic) bond motifs is 1. The number of hydrogen-bond donors (Lipinski definition) is 1. The lowest BCUT2D eigenvalue weighted by atomic mass is 10.1. The fourth-order valence-corrected chi connectivity index (χ4v) is 3.90. The molecule has 1 aliphatic rings. The van der Waals surface area contributed by atoms with Crippen LogP contribution >= 0.6 is 0 Å². The van der Waals surface area contributed by atoms with Crippen LogP contribution in [0.3, 0.4) is 0 Å². The summed E-state index contributed by atoms with van der Waals surface area (Å²) in [7, 11) is 5.79. The molecule has 0 spiro atoms. The Hall–Kier alpha value is -3.37. The molecular formula is C26H32N6O. The van der Waals surface area contributed by atoms with Crippen molar-refractivity contribution in [2.75, 3.05) is 51.1 Å². The van der Waals surface area contributed by atoms with E-state index in [0.29, 0.717) is 6.54 Å². The van der Waals surface area contributed by atoms with E-state index in [-0.39, 0.29) is 0 Å². The lowest BCUT2D eigenvalue weighted by Crippen LogP contribution is -2.31. The van der Waals surface area contributed by atoms with Gasteiger partial charge in [-0.1, -0.05) is 11.8 Å². The van der Waals surface area contributed by atoms with Gasteiger partial charge in [0.25, 0.3) is 0 Å². The van der Waals surface area contributed by atoms with Crippen LogP contribution < -0.4 is 15.0 Å². The number of benzene rings is 1. The molecule has 1 aromatic carbocycles. The SMILES string of the molecule is COc1cc2c(NCc3ccncc3)nc(N3CCCCC3)nc2cc1C#CCCN(C)C. The third kappa shape index (κ3) is 5.91. The summed E-state index contributed by atoms with van der Waals surface area (Å²) in [6.45, 7) is 3.56. The highest BCUT2D eigenvalue weighted by Gasteiger charge is 2.18. The molecule has 0 saturated carbocycles. The predicted octanol–water partition coefficient (Wildman–Crippen LogP) is 3.94. The van der Waals surface area contributed by atoms with Crippen molar-refractivity contribution in [2.24, 2.45) is 0 Å². The molecule has 33 heavy (non-hydrogen) atoms. The largest absolute Gasteiger partial charge is 0.495 e. The third-order valence-electron chi connectivity index (χ3n) is 5.76. The second-order valence-electron chi connectivity index (χ2n) is 8.55. The van der Waals surface area contributed by atoms with Crippen LogP contribution in [0.15, 0.2) is 36.7 Å². The number of piperidine rings is 1. The maximum Gasteiger partial charge on any atom is 0.227 e. The summed E-state index contributed by atoms with van der Waals surface area (Å²) in [6.07, 6.45) is 8.02. The standard InChI is InChI=1S/C26H32N6O/c1-31(2)14-8-5-9-21-17-23-22(18-24(21)33-3)25(28-19-20-10-12-27-13-11-20)30-26(29-23)32-15-6-4-7-16-32/h10-13,17-18H,4,6-8,14-16,19H2,1-3H3,(H,28,29,30). The second-order valence-corrected chi connectivity index (χ2v) is 8.55. The third-order valence-corrected chi connectivity index (χ3v) is 5.76. The molecule has 0 radical (unpaired) electrons. The van der Waals surface area contributed by atoms with Crippen LogP contribution in [0, 0.1) is 11.8 Å². The van der Waals surface area contributed by atoms with Crippen molar-refractivity contribution in [1.82, 2.24) is 19.9 Å². The van der Waals surface area contributed by atoms with Gasteiger partial charge in [-0.25, -0.2) is 4.98 Å². The monoisotopic (exact) mass is 444 g/mol. The number of pyridine rings is 1. The minimum absolute atomic E-state index is 0.655. The van der Waals surface area contributed by atoms with E-state index in [0.717, 1.165) is 65.6 Å². The van der Waals surface area contributed by atoms with Gasteiger partial charge < -0.3 is 19.9 Å². The number of methoxy groups -OCH3 is 1. The van der Waals surface area contributed by atoms with Crippen LogP contribution in [0.5, 0.6) is 5.75 Å². The zero-order valence-electron chi connectivity index (χ0n) is 19.8. The van der Waals surface area contributed by atoms with Gasteiger partial charge in [-0.2, -0.15) is 4.98 Å².